The molecule has 1 aromatic rings. The molecule has 0 saturated heterocycles. The van der Waals surface area contributed by atoms with Crippen LogP contribution in [0.1, 0.15) is 32.0 Å². The van der Waals surface area contributed by atoms with E-state index in [1.54, 1.807) is 12.4 Å². The molecule has 5 heteroatoms. The predicted octanol–water partition coefficient (Wildman–Crippen LogP) is 1.23. The standard InChI is InChI=1S/C12H19N3O2/c1-2-17-10-5-9(6-10)7-12(16)15-8-11-13-3-4-14-11/h3-4,9-10H,2,5-8H2,1H3,(H,13,14)(H,15,16). The van der Waals surface area contributed by atoms with E-state index in [0.29, 0.717) is 25.0 Å². The zero-order chi connectivity index (χ0) is 12.1. The number of aromatic amines is 1. The molecule has 0 aromatic carbocycles. The second-order valence-electron chi connectivity index (χ2n) is 4.43. The lowest BCUT2D eigenvalue weighted by molar-refractivity contribution is -0.124. The van der Waals surface area contributed by atoms with Crippen molar-refractivity contribution < 1.29 is 9.53 Å². The lowest BCUT2D eigenvalue weighted by Gasteiger charge is -2.34. The number of hydrogen-bond donors (Lipinski definition) is 2. The third kappa shape index (κ3) is 3.56. The average Bonchev–Trinajstić information content (AvgIpc) is 2.76. The zero-order valence-electron chi connectivity index (χ0n) is 10.1. The van der Waals surface area contributed by atoms with Crippen molar-refractivity contribution in [2.75, 3.05) is 6.61 Å². The van der Waals surface area contributed by atoms with Crippen LogP contribution in [-0.4, -0.2) is 28.6 Å². The highest BCUT2D eigenvalue weighted by Crippen LogP contribution is 2.32. The quantitative estimate of drug-likeness (QED) is 0.782. The molecule has 1 amide bonds. The van der Waals surface area contributed by atoms with Gasteiger partial charge < -0.3 is 15.0 Å². The minimum atomic E-state index is 0.0985. The number of nitrogens with one attached hydrogen (secondary N) is 2. The summed E-state index contributed by atoms with van der Waals surface area (Å²) >= 11 is 0. The monoisotopic (exact) mass is 237 g/mol. The minimum absolute atomic E-state index is 0.0985. The number of nitrogens with zero attached hydrogens (tertiary/aromatic N) is 1. The number of aromatic nitrogens is 2. The van der Waals surface area contributed by atoms with E-state index in [9.17, 15) is 4.79 Å². The molecule has 1 aliphatic carbocycles. The van der Waals surface area contributed by atoms with E-state index >= 15 is 0 Å². The highest BCUT2D eigenvalue weighted by atomic mass is 16.5. The van der Waals surface area contributed by atoms with Crippen LogP contribution in [0.2, 0.25) is 0 Å². The molecule has 0 spiro atoms. The Labute approximate surface area is 101 Å². The van der Waals surface area contributed by atoms with Gasteiger partial charge >= 0.3 is 0 Å². The van der Waals surface area contributed by atoms with Gasteiger partial charge in [-0.3, -0.25) is 4.79 Å². The van der Waals surface area contributed by atoms with E-state index in [-0.39, 0.29) is 5.91 Å². The Morgan fingerprint density at radius 2 is 2.47 bits per heavy atom. The molecule has 17 heavy (non-hydrogen) atoms. The van der Waals surface area contributed by atoms with Crippen molar-refractivity contribution in [3.63, 3.8) is 0 Å². The van der Waals surface area contributed by atoms with Crippen molar-refractivity contribution in [3.05, 3.63) is 18.2 Å². The SMILES string of the molecule is CCOC1CC(CC(=O)NCc2ncc[nH]2)C1. The third-order valence-corrected chi connectivity index (χ3v) is 3.08. The van der Waals surface area contributed by atoms with Crippen molar-refractivity contribution in [2.45, 2.75) is 38.8 Å². The molecule has 94 valence electrons. The number of ether oxygens (including phenoxy) is 1. The Balaban J connectivity index is 1.59. The average molecular weight is 237 g/mol. The zero-order valence-corrected chi connectivity index (χ0v) is 10.1. The fourth-order valence-electron chi connectivity index (χ4n) is 2.12. The molecule has 0 aliphatic heterocycles. The van der Waals surface area contributed by atoms with Crippen molar-refractivity contribution in [1.29, 1.82) is 0 Å². The fourth-order valence-corrected chi connectivity index (χ4v) is 2.12. The summed E-state index contributed by atoms with van der Waals surface area (Å²) in [5, 5.41) is 2.86. The van der Waals surface area contributed by atoms with Gasteiger partial charge in [-0.15, -0.1) is 0 Å². The van der Waals surface area contributed by atoms with Crippen molar-refractivity contribution in [3.8, 4) is 0 Å². The van der Waals surface area contributed by atoms with Crippen LogP contribution in [0, 0.1) is 5.92 Å². The Morgan fingerprint density at radius 3 is 3.12 bits per heavy atom. The fraction of sp³-hybridized carbons (Fsp3) is 0.667. The van der Waals surface area contributed by atoms with Crippen LogP contribution < -0.4 is 5.32 Å². The first kappa shape index (κ1) is 12.1. The van der Waals surface area contributed by atoms with Gasteiger partial charge in [-0.05, 0) is 25.7 Å². The predicted molar refractivity (Wildman–Crippen MR) is 63.2 cm³/mol. The van der Waals surface area contributed by atoms with E-state index in [1.165, 1.54) is 0 Å². The van der Waals surface area contributed by atoms with Crippen LogP contribution in [0.5, 0.6) is 0 Å². The van der Waals surface area contributed by atoms with Gasteiger partial charge in [0.2, 0.25) is 5.91 Å². The summed E-state index contributed by atoms with van der Waals surface area (Å²) in [5.74, 6) is 1.38. The van der Waals surface area contributed by atoms with E-state index in [1.807, 2.05) is 6.92 Å². The molecule has 5 nitrogen and oxygen atoms in total. The van der Waals surface area contributed by atoms with Crippen LogP contribution in [0.15, 0.2) is 12.4 Å². The van der Waals surface area contributed by atoms with Crippen LogP contribution in [-0.2, 0) is 16.1 Å². The molecule has 2 N–H and O–H groups in total. The van der Waals surface area contributed by atoms with Crippen molar-refractivity contribution >= 4 is 5.91 Å². The van der Waals surface area contributed by atoms with Gasteiger partial charge in [-0.2, -0.15) is 0 Å². The van der Waals surface area contributed by atoms with Crippen LogP contribution in [0.25, 0.3) is 0 Å². The highest BCUT2D eigenvalue weighted by Gasteiger charge is 2.30. The molecule has 1 heterocycles. The second-order valence-corrected chi connectivity index (χ2v) is 4.43. The number of amides is 1. The first-order valence-electron chi connectivity index (χ1n) is 6.14. The molecule has 1 aliphatic rings. The van der Waals surface area contributed by atoms with Gasteiger partial charge in [0.1, 0.15) is 5.82 Å². The number of rotatable bonds is 6. The van der Waals surface area contributed by atoms with E-state index in [4.69, 9.17) is 4.74 Å². The van der Waals surface area contributed by atoms with Gasteiger partial charge in [0.05, 0.1) is 12.6 Å². The molecule has 0 unspecified atom stereocenters. The van der Waals surface area contributed by atoms with Gasteiger partial charge in [-0.1, -0.05) is 0 Å². The smallest absolute Gasteiger partial charge is 0.220 e. The number of H-pyrrole nitrogens is 1. The first-order valence-corrected chi connectivity index (χ1v) is 6.14. The normalized spacial score (nSPS) is 23.1. The van der Waals surface area contributed by atoms with Gasteiger partial charge in [0.15, 0.2) is 0 Å². The largest absolute Gasteiger partial charge is 0.378 e. The van der Waals surface area contributed by atoms with E-state index in [2.05, 4.69) is 15.3 Å². The van der Waals surface area contributed by atoms with Gasteiger partial charge in [-0.25, -0.2) is 4.98 Å². The maximum absolute atomic E-state index is 11.6. The topological polar surface area (TPSA) is 67.0 Å². The molecular weight excluding hydrogens is 218 g/mol. The van der Waals surface area contributed by atoms with E-state index in [0.717, 1.165) is 25.3 Å². The Hall–Kier alpha value is -1.36. The molecular formula is C12H19N3O2. The molecule has 0 bridgehead atoms. The number of carbonyl (C=O) groups is 1. The summed E-state index contributed by atoms with van der Waals surface area (Å²) in [6.07, 6.45) is 6.44. The Bertz CT molecular complexity index is 345. The highest BCUT2D eigenvalue weighted by molar-refractivity contribution is 5.76. The summed E-state index contributed by atoms with van der Waals surface area (Å²) in [7, 11) is 0. The summed E-state index contributed by atoms with van der Waals surface area (Å²) in [6.45, 7) is 3.25. The van der Waals surface area contributed by atoms with Crippen LogP contribution >= 0.6 is 0 Å². The van der Waals surface area contributed by atoms with Crippen molar-refractivity contribution in [2.24, 2.45) is 5.92 Å². The number of hydrogen-bond acceptors (Lipinski definition) is 3. The summed E-state index contributed by atoms with van der Waals surface area (Å²) in [6, 6.07) is 0. The van der Waals surface area contributed by atoms with Crippen LogP contribution in [0.3, 0.4) is 0 Å². The Morgan fingerprint density at radius 1 is 1.65 bits per heavy atom. The molecule has 2 rings (SSSR count). The minimum Gasteiger partial charge on any atom is -0.378 e. The maximum Gasteiger partial charge on any atom is 0.220 e. The first-order chi connectivity index (χ1) is 8.28. The summed E-state index contributed by atoms with van der Waals surface area (Å²) < 4.78 is 5.46. The second kappa shape index (κ2) is 5.82. The van der Waals surface area contributed by atoms with E-state index < -0.39 is 0 Å². The Kier molecular flexibility index (Phi) is 4.14. The van der Waals surface area contributed by atoms with Crippen LogP contribution in [0.4, 0.5) is 0 Å². The third-order valence-electron chi connectivity index (χ3n) is 3.08. The summed E-state index contributed by atoms with van der Waals surface area (Å²) in [4.78, 5) is 18.6. The molecule has 0 radical (unpaired) electrons. The molecule has 1 fully saturated rings. The van der Waals surface area contributed by atoms with Crippen molar-refractivity contribution in [1.82, 2.24) is 15.3 Å². The molecule has 1 aromatic heterocycles. The summed E-state index contributed by atoms with van der Waals surface area (Å²) in [5.41, 5.74) is 0. The maximum atomic E-state index is 11.6. The molecule has 0 atom stereocenters. The molecule has 1 saturated carbocycles. The number of carbonyl (C=O) groups excluding carboxylic acids is 1. The lowest BCUT2D eigenvalue weighted by Crippen LogP contribution is -2.35. The lowest BCUT2D eigenvalue weighted by atomic mass is 9.80. The van der Waals surface area contributed by atoms with Gasteiger partial charge in [0.25, 0.3) is 0 Å². The number of imidazole rings is 1. The van der Waals surface area contributed by atoms with Gasteiger partial charge in [0, 0.05) is 25.4 Å².